The van der Waals surface area contributed by atoms with Gasteiger partial charge in [0.15, 0.2) is 0 Å². The Bertz CT molecular complexity index is 607. The first-order valence-corrected chi connectivity index (χ1v) is 7.22. The van der Waals surface area contributed by atoms with E-state index in [4.69, 9.17) is 10.2 Å². The molecule has 0 amide bonds. The molecule has 1 aromatic heterocycles. The van der Waals surface area contributed by atoms with Crippen LogP contribution in [0.5, 0.6) is 0 Å². The second-order valence-corrected chi connectivity index (χ2v) is 5.25. The van der Waals surface area contributed by atoms with Gasteiger partial charge < -0.3 is 10.2 Å². The second kappa shape index (κ2) is 6.42. The molecule has 2 aromatic carbocycles. The number of furan rings is 1. The molecule has 0 aliphatic rings. The number of rotatable bonds is 5. The van der Waals surface area contributed by atoms with E-state index in [1.807, 2.05) is 24.3 Å². The van der Waals surface area contributed by atoms with Crippen molar-refractivity contribution < 1.29 is 4.42 Å². The molecular formula is C19H19NO. The largest absolute Gasteiger partial charge is 0.469 e. The Morgan fingerprint density at radius 3 is 1.81 bits per heavy atom. The van der Waals surface area contributed by atoms with Crippen LogP contribution in [0.2, 0.25) is 0 Å². The maximum absolute atomic E-state index is 6.51. The Balaban J connectivity index is 1.92. The lowest BCUT2D eigenvalue weighted by atomic mass is 9.84. The minimum Gasteiger partial charge on any atom is -0.469 e. The molecule has 0 radical (unpaired) electrons. The summed E-state index contributed by atoms with van der Waals surface area (Å²) in [7, 11) is 0. The van der Waals surface area contributed by atoms with E-state index in [1.165, 1.54) is 11.1 Å². The van der Waals surface area contributed by atoms with E-state index in [-0.39, 0.29) is 12.0 Å². The van der Waals surface area contributed by atoms with E-state index in [0.717, 1.165) is 12.2 Å². The summed E-state index contributed by atoms with van der Waals surface area (Å²) in [5, 5.41) is 0. The van der Waals surface area contributed by atoms with Gasteiger partial charge in [-0.2, -0.15) is 0 Å². The molecule has 2 N–H and O–H groups in total. The summed E-state index contributed by atoms with van der Waals surface area (Å²) in [5.74, 6) is 1.09. The summed E-state index contributed by atoms with van der Waals surface area (Å²) in [6, 6.07) is 24.7. The summed E-state index contributed by atoms with van der Waals surface area (Å²) in [5.41, 5.74) is 8.99. The van der Waals surface area contributed by atoms with Crippen molar-refractivity contribution >= 4 is 0 Å². The normalized spacial score (nSPS) is 12.5. The molecule has 0 bridgehead atoms. The fraction of sp³-hybridized carbons (Fsp3) is 0.158. The van der Waals surface area contributed by atoms with Gasteiger partial charge in [-0.25, -0.2) is 0 Å². The summed E-state index contributed by atoms with van der Waals surface area (Å²) in [6.07, 6.45) is 2.42. The molecule has 0 saturated heterocycles. The molecule has 3 rings (SSSR count). The summed E-state index contributed by atoms with van der Waals surface area (Å²) >= 11 is 0. The first kappa shape index (κ1) is 13.7. The Morgan fingerprint density at radius 2 is 1.33 bits per heavy atom. The van der Waals surface area contributed by atoms with E-state index >= 15 is 0 Å². The van der Waals surface area contributed by atoms with Gasteiger partial charge >= 0.3 is 0 Å². The van der Waals surface area contributed by atoms with Gasteiger partial charge in [0.1, 0.15) is 5.76 Å². The SMILES string of the molecule is NC(Cc1ccco1)C(c1ccccc1)c1ccccc1. The summed E-state index contributed by atoms with van der Waals surface area (Å²) in [4.78, 5) is 0. The van der Waals surface area contributed by atoms with Crippen LogP contribution < -0.4 is 5.73 Å². The highest BCUT2D eigenvalue weighted by Gasteiger charge is 2.22. The van der Waals surface area contributed by atoms with Gasteiger partial charge in [-0.3, -0.25) is 0 Å². The first-order chi connectivity index (χ1) is 10.3. The van der Waals surface area contributed by atoms with Crippen LogP contribution in [-0.2, 0) is 6.42 Å². The van der Waals surface area contributed by atoms with Crippen molar-refractivity contribution in [3.8, 4) is 0 Å². The lowest BCUT2D eigenvalue weighted by molar-refractivity contribution is 0.468. The topological polar surface area (TPSA) is 39.2 Å². The van der Waals surface area contributed by atoms with Crippen molar-refractivity contribution in [2.24, 2.45) is 5.73 Å². The van der Waals surface area contributed by atoms with Crippen molar-refractivity contribution in [2.75, 3.05) is 0 Å². The smallest absolute Gasteiger partial charge is 0.105 e. The quantitative estimate of drug-likeness (QED) is 0.766. The number of hydrogen-bond acceptors (Lipinski definition) is 2. The van der Waals surface area contributed by atoms with Crippen molar-refractivity contribution in [3.63, 3.8) is 0 Å². The van der Waals surface area contributed by atoms with Crippen LogP contribution >= 0.6 is 0 Å². The minimum absolute atomic E-state index is 0.0269. The number of benzene rings is 2. The molecule has 1 unspecified atom stereocenters. The van der Waals surface area contributed by atoms with Gasteiger partial charge in [-0.05, 0) is 23.3 Å². The van der Waals surface area contributed by atoms with E-state index < -0.39 is 0 Å². The monoisotopic (exact) mass is 277 g/mol. The molecule has 0 fully saturated rings. The Labute approximate surface area is 125 Å². The van der Waals surface area contributed by atoms with Crippen molar-refractivity contribution in [1.29, 1.82) is 0 Å². The Kier molecular flexibility index (Phi) is 4.17. The van der Waals surface area contributed by atoms with E-state index in [0.29, 0.717) is 0 Å². The van der Waals surface area contributed by atoms with E-state index in [1.54, 1.807) is 6.26 Å². The average Bonchev–Trinajstić information content (AvgIpc) is 3.02. The zero-order valence-corrected chi connectivity index (χ0v) is 11.9. The van der Waals surface area contributed by atoms with Gasteiger partial charge in [0, 0.05) is 18.4 Å². The van der Waals surface area contributed by atoms with Crippen LogP contribution in [0.15, 0.2) is 83.5 Å². The van der Waals surface area contributed by atoms with Crippen LogP contribution in [0.3, 0.4) is 0 Å². The van der Waals surface area contributed by atoms with Gasteiger partial charge in [0.2, 0.25) is 0 Å². The highest BCUT2D eigenvalue weighted by molar-refractivity contribution is 5.34. The highest BCUT2D eigenvalue weighted by atomic mass is 16.3. The third kappa shape index (κ3) is 3.23. The van der Waals surface area contributed by atoms with Gasteiger partial charge in [-0.15, -0.1) is 0 Å². The van der Waals surface area contributed by atoms with Crippen molar-refractivity contribution in [3.05, 3.63) is 95.9 Å². The van der Waals surface area contributed by atoms with E-state index in [2.05, 4.69) is 48.5 Å². The fourth-order valence-corrected chi connectivity index (χ4v) is 2.79. The predicted molar refractivity (Wildman–Crippen MR) is 85.1 cm³/mol. The maximum atomic E-state index is 6.51. The zero-order chi connectivity index (χ0) is 14.5. The number of nitrogens with two attached hydrogens (primary N) is 1. The van der Waals surface area contributed by atoms with Crippen LogP contribution in [0, 0.1) is 0 Å². The lowest BCUT2D eigenvalue weighted by Gasteiger charge is -2.24. The maximum Gasteiger partial charge on any atom is 0.105 e. The molecule has 1 atom stereocenters. The lowest BCUT2D eigenvalue weighted by Crippen LogP contribution is -2.31. The molecule has 0 aliphatic carbocycles. The van der Waals surface area contributed by atoms with Crippen LogP contribution in [0.25, 0.3) is 0 Å². The summed E-state index contributed by atoms with van der Waals surface area (Å²) < 4.78 is 5.45. The third-order valence-electron chi connectivity index (χ3n) is 3.76. The molecule has 2 nitrogen and oxygen atoms in total. The zero-order valence-electron chi connectivity index (χ0n) is 11.9. The third-order valence-corrected chi connectivity index (χ3v) is 3.76. The number of hydrogen-bond donors (Lipinski definition) is 1. The molecule has 106 valence electrons. The second-order valence-electron chi connectivity index (χ2n) is 5.25. The standard InChI is InChI=1S/C19H19NO/c20-18(14-17-12-7-13-21-17)19(15-8-3-1-4-9-15)16-10-5-2-6-11-16/h1-13,18-19H,14,20H2. The first-order valence-electron chi connectivity index (χ1n) is 7.22. The van der Waals surface area contributed by atoms with Crippen molar-refractivity contribution in [1.82, 2.24) is 0 Å². The fourth-order valence-electron chi connectivity index (χ4n) is 2.79. The average molecular weight is 277 g/mol. The molecule has 3 aromatic rings. The molecule has 0 saturated carbocycles. The molecule has 0 spiro atoms. The molecular weight excluding hydrogens is 258 g/mol. The Morgan fingerprint density at radius 1 is 0.762 bits per heavy atom. The van der Waals surface area contributed by atoms with Crippen LogP contribution in [0.4, 0.5) is 0 Å². The minimum atomic E-state index is -0.0269. The molecule has 21 heavy (non-hydrogen) atoms. The molecule has 0 aliphatic heterocycles. The van der Waals surface area contributed by atoms with Crippen LogP contribution in [-0.4, -0.2) is 6.04 Å². The van der Waals surface area contributed by atoms with Gasteiger partial charge in [0.05, 0.1) is 6.26 Å². The van der Waals surface area contributed by atoms with E-state index in [9.17, 15) is 0 Å². The van der Waals surface area contributed by atoms with Crippen LogP contribution in [0.1, 0.15) is 22.8 Å². The molecule has 1 heterocycles. The molecule has 2 heteroatoms. The van der Waals surface area contributed by atoms with Crippen molar-refractivity contribution in [2.45, 2.75) is 18.4 Å². The Hall–Kier alpha value is -2.32. The summed E-state index contributed by atoms with van der Waals surface area (Å²) in [6.45, 7) is 0. The van der Waals surface area contributed by atoms with Gasteiger partial charge in [-0.1, -0.05) is 60.7 Å². The predicted octanol–water partition coefficient (Wildman–Crippen LogP) is 3.98. The highest BCUT2D eigenvalue weighted by Crippen LogP contribution is 2.28. The van der Waals surface area contributed by atoms with Gasteiger partial charge in [0.25, 0.3) is 0 Å².